The maximum absolute atomic E-state index is 11.9. The molecule has 0 saturated heterocycles. The first-order chi connectivity index (χ1) is 12.5. The third kappa shape index (κ3) is 5.62. The van der Waals surface area contributed by atoms with E-state index in [1.165, 1.54) is 13.3 Å². The van der Waals surface area contributed by atoms with Crippen molar-refractivity contribution in [3.05, 3.63) is 53.6 Å². The number of anilines is 1. The van der Waals surface area contributed by atoms with Crippen LogP contribution in [0.2, 0.25) is 0 Å². The summed E-state index contributed by atoms with van der Waals surface area (Å²) in [6, 6.07) is 12.5. The van der Waals surface area contributed by atoms with Crippen molar-refractivity contribution in [1.29, 1.82) is 0 Å². The lowest BCUT2D eigenvalue weighted by molar-refractivity contribution is -0.126. The van der Waals surface area contributed by atoms with E-state index in [9.17, 15) is 9.59 Å². The molecular weight excluding hydrogens is 334 g/mol. The van der Waals surface area contributed by atoms with Crippen molar-refractivity contribution in [1.82, 2.24) is 5.43 Å². The predicted molar refractivity (Wildman–Crippen MR) is 99.7 cm³/mol. The number of hydrogen-bond acceptors (Lipinski definition) is 5. The Bertz CT molecular complexity index is 801. The molecule has 2 aromatic rings. The lowest BCUT2D eigenvalue weighted by Gasteiger charge is -2.07. The third-order valence-electron chi connectivity index (χ3n) is 3.49. The van der Waals surface area contributed by atoms with Crippen LogP contribution >= 0.6 is 0 Å². The zero-order valence-electron chi connectivity index (χ0n) is 14.9. The smallest absolute Gasteiger partial charge is 0.249 e. The van der Waals surface area contributed by atoms with Gasteiger partial charge in [0, 0.05) is 17.3 Å². The summed E-state index contributed by atoms with van der Waals surface area (Å²) in [6.07, 6.45) is 1.11. The highest BCUT2D eigenvalue weighted by atomic mass is 16.5. The summed E-state index contributed by atoms with van der Waals surface area (Å²) in [6.45, 7) is 1.95. The zero-order chi connectivity index (χ0) is 18.9. The van der Waals surface area contributed by atoms with Crippen LogP contribution in [0.4, 0.5) is 5.69 Å². The van der Waals surface area contributed by atoms with Gasteiger partial charge in [-0.05, 0) is 31.2 Å². The van der Waals surface area contributed by atoms with Crippen molar-refractivity contribution in [2.45, 2.75) is 13.3 Å². The summed E-state index contributed by atoms with van der Waals surface area (Å²) < 4.78 is 10.4. The number of ether oxygens (including phenoxy) is 2. The highest BCUT2D eigenvalue weighted by molar-refractivity contribution is 6.03. The van der Waals surface area contributed by atoms with Crippen molar-refractivity contribution in [3.63, 3.8) is 0 Å². The van der Waals surface area contributed by atoms with E-state index in [2.05, 4.69) is 15.8 Å². The zero-order valence-corrected chi connectivity index (χ0v) is 14.9. The number of rotatable bonds is 7. The Hall–Kier alpha value is -3.35. The molecule has 0 bridgehead atoms. The van der Waals surface area contributed by atoms with E-state index < -0.39 is 11.8 Å². The molecule has 0 aliphatic heterocycles. The number of benzene rings is 2. The van der Waals surface area contributed by atoms with Gasteiger partial charge in [0.25, 0.3) is 0 Å². The van der Waals surface area contributed by atoms with E-state index in [1.807, 2.05) is 19.1 Å². The van der Waals surface area contributed by atoms with Gasteiger partial charge in [0.2, 0.25) is 11.8 Å². The monoisotopic (exact) mass is 355 g/mol. The van der Waals surface area contributed by atoms with Crippen LogP contribution in [0.1, 0.15) is 17.5 Å². The molecule has 0 aliphatic carbocycles. The average molecular weight is 355 g/mol. The van der Waals surface area contributed by atoms with Crippen molar-refractivity contribution < 1.29 is 19.1 Å². The molecule has 0 saturated carbocycles. The number of nitrogens with zero attached hydrogens (tertiary/aromatic N) is 1. The molecule has 0 unspecified atom stereocenters. The number of hydrogen-bond donors (Lipinski definition) is 2. The van der Waals surface area contributed by atoms with Gasteiger partial charge >= 0.3 is 0 Å². The quantitative estimate of drug-likeness (QED) is 0.454. The lowest BCUT2D eigenvalue weighted by Crippen LogP contribution is -2.24. The highest BCUT2D eigenvalue weighted by Gasteiger charge is 2.09. The summed E-state index contributed by atoms with van der Waals surface area (Å²) in [5.74, 6) is 0.275. The van der Waals surface area contributed by atoms with Crippen LogP contribution in [0.5, 0.6) is 11.5 Å². The molecule has 2 rings (SSSR count). The van der Waals surface area contributed by atoms with Gasteiger partial charge in [-0.15, -0.1) is 0 Å². The topological polar surface area (TPSA) is 89.0 Å². The van der Waals surface area contributed by atoms with E-state index in [0.29, 0.717) is 22.7 Å². The minimum absolute atomic E-state index is 0.328. The van der Waals surface area contributed by atoms with Crippen LogP contribution in [0.3, 0.4) is 0 Å². The summed E-state index contributed by atoms with van der Waals surface area (Å²) in [7, 11) is 3.09. The van der Waals surface area contributed by atoms with Crippen LogP contribution in [0.25, 0.3) is 0 Å². The predicted octanol–water partition coefficient (Wildman–Crippen LogP) is 2.49. The van der Waals surface area contributed by atoms with Gasteiger partial charge in [0.15, 0.2) is 0 Å². The van der Waals surface area contributed by atoms with Crippen LogP contribution in [-0.4, -0.2) is 32.2 Å². The van der Waals surface area contributed by atoms with E-state index in [-0.39, 0.29) is 6.42 Å². The standard InChI is InChI=1S/C19H21N3O4/c1-13-4-7-15(8-5-13)21-18(23)11-19(24)22-20-12-14-6-9-16(25-2)10-17(14)26-3/h4-10,12H,11H2,1-3H3,(H,21,23)(H,22,24). The summed E-state index contributed by atoms with van der Waals surface area (Å²) in [5, 5.41) is 6.51. The fourth-order valence-electron chi connectivity index (χ4n) is 2.13. The molecule has 0 aromatic heterocycles. The SMILES string of the molecule is COc1ccc(C=NNC(=O)CC(=O)Nc2ccc(C)cc2)c(OC)c1. The number of methoxy groups -OCH3 is 2. The molecule has 2 amide bonds. The molecule has 26 heavy (non-hydrogen) atoms. The Kier molecular flexibility index (Phi) is 6.73. The van der Waals surface area contributed by atoms with Crippen LogP contribution in [-0.2, 0) is 9.59 Å². The van der Waals surface area contributed by atoms with Gasteiger partial charge in [0.05, 0.1) is 20.4 Å². The molecule has 0 radical (unpaired) electrons. The van der Waals surface area contributed by atoms with Crippen molar-refractivity contribution in [2.75, 3.05) is 19.5 Å². The van der Waals surface area contributed by atoms with Crippen LogP contribution in [0.15, 0.2) is 47.6 Å². The molecule has 2 aromatic carbocycles. The normalized spacial score (nSPS) is 10.4. The number of aryl methyl sites for hydroxylation is 1. The summed E-state index contributed by atoms with van der Waals surface area (Å²) in [4.78, 5) is 23.7. The first-order valence-corrected chi connectivity index (χ1v) is 7.92. The van der Waals surface area contributed by atoms with Gasteiger partial charge in [-0.1, -0.05) is 17.7 Å². The van der Waals surface area contributed by atoms with Gasteiger partial charge in [-0.3, -0.25) is 9.59 Å². The number of carbonyl (C=O) groups excluding carboxylic acids is 2. The molecule has 2 N–H and O–H groups in total. The Morgan fingerprint density at radius 2 is 1.77 bits per heavy atom. The Morgan fingerprint density at radius 3 is 2.42 bits per heavy atom. The number of hydrazone groups is 1. The van der Waals surface area contributed by atoms with E-state index in [0.717, 1.165) is 5.56 Å². The van der Waals surface area contributed by atoms with Gasteiger partial charge in [0.1, 0.15) is 17.9 Å². The minimum Gasteiger partial charge on any atom is -0.497 e. The Labute approximate surface area is 152 Å². The molecule has 0 atom stereocenters. The van der Waals surface area contributed by atoms with Crippen molar-refractivity contribution in [2.24, 2.45) is 5.10 Å². The fraction of sp³-hybridized carbons (Fsp3) is 0.211. The number of amides is 2. The maximum atomic E-state index is 11.9. The molecule has 0 spiro atoms. The van der Waals surface area contributed by atoms with Crippen molar-refractivity contribution >= 4 is 23.7 Å². The van der Waals surface area contributed by atoms with E-state index in [1.54, 1.807) is 37.4 Å². The van der Waals surface area contributed by atoms with Gasteiger partial charge in [-0.2, -0.15) is 5.10 Å². The molecule has 136 valence electrons. The maximum Gasteiger partial charge on any atom is 0.249 e. The van der Waals surface area contributed by atoms with Crippen LogP contribution < -0.4 is 20.2 Å². The second-order valence-electron chi connectivity index (χ2n) is 5.49. The molecule has 7 heteroatoms. The molecular formula is C19H21N3O4. The Morgan fingerprint density at radius 1 is 1.04 bits per heavy atom. The highest BCUT2D eigenvalue weighted by Crippen LogP contribution is 2.22. The summed E-state index contributed by atoms with van der Waals surface area (Å²) in [5.41, 5.74) is 4.71. The molecule has 0 aliphatic rings. The van der Waals surface area contributed by atoms with E-state index >= 15 is 0 Å². The third-order valence-corrected chi connectivity index (χ3v) is 3.49. The van der Waals surface area contributed by atoms with Gasteiger partial charge < -0.3 is 14.8 Å². The average Bonchev–Trinajstić information content (AvgIpc) is 2.63. The van der Waals surface area contributed by atoms with Crippen molar-refractivity contribution in [3.8, 4) is 11.5 Å². The first kappa shape index (κ1) is 19.0. The number of carbonyl (C=O) groups is 2. The lowest BCUT2D eigenvalue weighted by atomic mass is 10.2. The Balaban J connectivity index is 1.87. The molecule has 7 nitrogen and oxygen atoms in total. The van der Waals surface area contributed by atoms with Gasteiger partial charge in [-0.25, -0.2) is 5.43 Å². The second-order valence-corrected chi connectivity index (χ2v) is 5.49. The first-order valence-electron chi connectivity index (χ1n) is 7.92. The molecule has 0 heterocycles. The fourth-order valence-corrected chi connectivity index (χ4v) is 2.13. The number of nitrogens with one attached hydrogen (secondary N) is 2. The largest absolute Gasteiger partial charge is 0.497 e. The minimum atomic E-state index is -0.515. The second kappa shape index (κ2) is 9.22. The molecule has 0 fully saturated rings. The van der Waals surface area contributed by atoms with Crippen LogP contribution in [0, 0.1) is 6.92 Å². The van der Waals surface area contributed by atoms with E-state index in [4.69, 9.17) is 9.47 Å². The summed E-state index contributed by atoms with van der Waals surface area (Å²) >= 11 is 0.